The highest BCUT2D eigenvalue weighted by Crippen LogP contribution is 2.26. The maximum Gasteiger partial charge on any atom is 0.292 e. The highest BCUT2D eigenvalue weighted by molar-refractivity contribution is 8.00. The van der Waals surface area contributed by atoms with E-state index in [1.165, 1.54) is 30.2 Å². The van der Waals surface area contributed by atoms with Crippen molar-refractivity contribution in [2.75, 3.05) is 5.32 Å². The van der Waals surface area contributed by atoms with Crippen LogP contribution in [0.1, 0.15) is 6.92 Å². The van der Waals surface area contributed by atoms with E-state index in [0.29, 0.717) is 5.16 Å². The average Bonchev–Trinajstić information content (AvgIpc) is 2.84. The molecule has 0 spiro atoms. The van der Waals surface area contributed by atoms with E-state index in [1.54, 1.807) is 30.7 Å². The molecular weight excluding hydrogens is 294 g/mol. The van der Waals surface area contributed by atoms with Crippen molar-refractivity contribution >= 4 is 29.0 Å². The van der Waals surface area contributed by atoms with Crippen LogP contribution >= 0.6 is 11.8 Å². The number of nitro benzene ring substituents is 1. The van der Waals surface area contributed by atoms with E-state index in [1.807, 2.05) is 0 Å². The summed E-state index contributed by atoms with van der Waals surface area (Å²) in [6, 6.07) is 6.01. The van der Waals surface area contributed by atoms with Gasteiger partial charge in [-0.15, -0.1) is 10.2 Å². The summed E-state index contributed by atoms with van der Waals surface area (Å²) in [6.07, 6.45) is 1.54. The minimum Gasteiger partial charge on any atom is -0.319 e. The Hall–Kier alpha value is -2.42. The molecule has 0 saturated carbocycles. The molecule has 0 bridgehead atoms. The predicted molar refractivity (Wildman–Crippen MR) is 78.0 cm³/mol. The number of para-hydroxylation sites is 2. The second-order valence-electron chi connectivity index (χ2n) is 4.25. The van der Waals surface area contributed by atoms with Crippen LogP contribution in [0.4, 0.5) is 11.4 Å². The zero-order valence-corrected chi connectivity index (χ0v) is 12.2. The van der Waals surface area contributed by atoms with E-state index in [2.05, 4.69) is 15.5 Å². The fourth-order valence-corrected chi connectivity index (χ4v) is 2.35. The lowest BCUT2D eigenvalue weighted by Crippen LogP contribution is -2.23. The van der Waals surface area contributed by atoms with Crippen LogP contribution in [0.3, 0.4) is 0 Å². The maximum absolute atomic E-state index is 12.1. The number of benzene rings is 1. The summed E-state index contributed by atoms with van der Waals surface area (Å²) in [7, 11) is 1.77. The van der Waals surface area contributed by atoms with Gasteiger partial charge < -0.3 is 9.88 Å². The molecule has 21 heavy (non-hydrogen) atoms. The van der Waals surface area contributed by atoms with E-state index in [4.69, 9.17) is 0 Å². The molecule has 0 aliphatic rings. The number of amides is 1. The number of thioether (sulfide) groups is 1. The molecule has 0 aliphatic heterocycles. The summed E-state index contributed by atoms with van der Waals surface area (Å²) in [6.45, 7) is 1.70. The summed E-state index contributed by atoms with van der Waals surface area (Å²) in [5.41, 5.74) is 0.0413. The number of nitrogens with one attached hydrogen (secondary N) is 1. The first-order valence-electron chi connectivity index (χ1n) is 6.04. The fraction of sp³-hybridized carbons (Fsp3) is 0.250. The van der Waals surface area contributed by atoms with E-state index in [9.17, 15) is 14.9 Å². The number of aromatic nitrogens is 3. The number of anilines is 1. The molecular formula is C12H13N5O3S. The molecule has 1 amide bonds. The maximum atomic E-state index is 12.1. The minimum absolute atomic E-state index is 0.137. The molecule has 2 rings (SSSR count). The molecule has 1 N–H and O–H groups in total. The molecule has 0 radical (unpaired) electrons. The molecule has 1 atom stereocenters. The number of carbonyl (C=O) groups is 1. The number of carbonyl (C=O) groups excluding carboxylic acids is 1. The van der Waals surface area contributed by atoms with Crippen molar-refractivity contribution in [3.05, 3.63) is 40.7 Å². The van der Waals surface area contributed by atoms with Crippen LogP contribution in [0.25, 0.3) is 0 Å². The summed E-state index contributed by atoms with van der Waals surface area (Å²) in [5.74, 6) is -0.336. The van der Waals surface area contributed by atoms with Gasteiger partial charge >= 0.3 is 0 Å². The molecule has 1 aromatic heterocycles. The van der Waals surface area contributed by atoms with E-state index >= 15 is 0 Å². The molecule has 0 saturated heterocycles. The van der Waals surface area contributed by atoms with E-state index < -0.39 is 10.2 Å². The van der Waals surface area contributed by atoms with Gasteiger partial charge in [0, 0.05) is 13.1 Å². The third kappa shape index (κ3) is 3.57. The number of aryl methyl sites for hydroxylation is 1. The summed E-state index contributed by atoms with van der Waals surface area (Å²) >= 11 is 1.23. The van der Waals surface area contributed by atoms with Crippen molar-refractivity contribution in [2.24, 2.45) is 7.05 Å². The molecule has 8 nitrogen and oxygen atoms in total. The number of nitrogens with zero attached hydrogens (tertiary/aromatic N) is 4. The Labute approximate surface area is 124 Å². The number of hydrogen-bond donors (Lipinski definition) is 1. The standard InChI is InChI=1S/C12H13N5O3S/c1-8(21-12-15-13-7-16(12)2)11(18)14-9-5-3-4-6-10(9)17(19)20/h3-8H,1-2H3,(H,14,18)/t8-/m1/s1. The normalized spacial score (nSPS) is 11.9. The van der Waals surface area contributed by atoms with Gasteiger partial charge in [-0.1, -0.05) is 23.9 Å². The Morgan fingerprint density at radius 2 is 2.19 bits per heavy atom. The fourth-order valence-electron chi connectivity index (χ4n) is 1.56. The van der Waals surface area contributed by atoms with Gasteiger partial charge in [-0.3, -0.25) is 14.9 Å². The molecule has 2 aromatic rings. The first-order chi connectivity index (χ1) is 9.99. The number of nitro groups is 1. The Balaban J connectivity index is 2.08. The Bertz CT molecular complexity index is 672. The van der Waals surface area contributed by atoms with E-state index in [-0.39, 0.29) is 17.3 Å². The van der Waals surface area contributed by atoms with Gasteiger partial charge in [0.2, 0.25) is 5.91 Å². The van der Waals surface area contributed by atoms with Crippen molar-refractivity contribution in [3.63, 3.8) is 0 Å². The van der Waals surface area contributed by atoms with Gasteiger partial charge in [-0.05, 0) is 13.0 Å². The number of hydrogen-bond acceptors (Lipinski definition) is 6. The summed E-state index contributed by atoms with van der Waals surface area (Å²) < 4.78 is 1.69. The van der Waals surface area contributed by atoms with Gasteiger partial charge in [-0.25, -0.2) is 0 Å². The van der Waals surface area contributed by atoms with Crippen LogP contribution in [-0.4, -0.2) is 30.8 Å². The van der Waals surface area contributed by atoms with Crippen LogP contribution < -0.4 is 5.32 Å². The molecule has 110 valence electrons. The van der Waals surface area contributed by atoms with Crippen LogP contribution in [0.15, 0.2) is 35.7 Å². The van der Waals surface area contributed by atoms with Crippen molar-refractivity contribution in [3.8, 4) is 0 Å². The molecule has 0 fully saturated rings. The lowest BCUT2D eigenvalue weighted by Gasteiger charge is -2.11. The summed E-state index contributed by atoms with van der Waals surface area (Å²) in [5, 5.41) is 21.2. The monoisotopic (exact) mass is 307 g/mol. The zero-order chi connectivity index (χ0) is 15.4. The lowest BCUT2D eigenvalue weighted by molar-refractivity contribution is -0.383. The Morgan fingerprint density at radius 1 is 1.48 bits per heavy atom. The molecule has 1 heterocycles. The molecule has 0 unspecified atom stereocenters. The zero-order valence-electron chi connectivity index (χ0n) is 11.4. The molecule has 9 heteroatoms. The van der Waals surface area contributed by atoms with Gasteiger partial charge in [0.05, 0.1) is 10.2 Å². The lowest BCUT2D eigenvalue weighted by atomic mass is 10.2. The van der Waals surface area contributed by atoms with Crippen molar-refractivity contribution in [1.82, 2.24) is 14.8 Å². The first kappa shape index (κ1) is 15.0. The second kappa shape index (κ2) is 6.35. The SMILES string of the molecule is C[C@@H](Sc1nncn1C)C(=O)Nc1ccccc1[N+](=O)[O-]. The van der Waals surface area contributed by atoms with E-state index in [0.717, 1.165) is 0 Å². The smallest absolute Gasteiger partial charge is 0.292 e. The Morgan fingerprint density at radius 3 is 2.81 bits per heavy atom. The van der Waals surface area contributed by atoms with Crippen LogP contribution in [0.2, 0.25) is 0 Å². The van der Waals surface area contributed by atoms with Crippen LogP contribution in [-0.2, 0) is 11.8 Å². The number of rotatable bonds is 5. The Kier molecular flexibility index (Phi) is 4.53. The molecule has 0 aliphatic carbocycles. The van der Waals surface area contributed by atoms with Gasteiger partial charge in [-0.2, -0.15) is 0 Å². The van der Waals surface area contributed by atoms with Gasteiger partial charge in [0.15, 0.2) is 5.16 Å². The van der Waals surface area contributed by atoms with Gasteiger partial charge in [0.25, 0.3) is 5.69 Å². The largest absolute Gasteiger partial charge is 0.319 e. The minimum atomic E-state index is -0.532. The van der Waals surface area contributed by atoms with Crippen LogP contribution in [0, 0.1) is 10.1 Å². The third-order valence-corrected chi connectivity index (χ3v) is 3.83. The average molecular weight is 307 g/mol. The highest BCUT2D eigenvalue weighted by atomic mass is 32.2. The van der Waals surface area contributed by atoms with Crippen molar-refractivity contribution in [2.45, 2.75) is 17.3 Å². The highest BCUT2D eigenvalue weighted by Gasteiger charge is 2.20. The first-order valence-corrected chi connectivity index (χ1v) is 6.92. The predicted octanol–water partition coefficient (Wildman–Crippen LogP) is 1.84. The third-order valence-electron chi connectivity index (χ3n) is 2.68. The van der Waals surface area contributed by atoms with Crippen LogP contribution in [0.5, 0.6) is 0 Å². The van der Waals surface area contributed by atoms with Crippen molar-refractivity contribution in [1.29, 1.82) is 0 Å². The topological polar surface area (TPSA) is 103 Å². The second-order valence-corrected chi connectivity index (χ2v) is 5.56. The summed E-state index contributed by atoms with van der Waals surface area (Å²) in [4.78, 5) is 22.5. The van der Waals surface area contributed by atoms with Gasteiger partial charge in [0.1, 0.15) is 12.0 Å². The molecule has 1 aromatic carbocycles. The quantitative estimate of drug-likeness (QED) is 0.513. The van der Waals surface area contributed by atoms with Crippen molar-refractivity contribution < 1.29 is 9.72 Å².